The molecule has 2 rings (SSSR count). The summed E-state index contributed by atoms with van der Waals surface area (Å²) in [6.07, 6.45) is 4.31. The molecule has 0 saturated heterocycles. The number of rotatable bonds is 0. The number of hydrogen-bond donors (Lipinski definition) is 0. The smallest absolute Gasteiger partial charge is 0.114 e. The minimum absolute atomic E-state index is 1.08. The number of hydrogen-bond acceptors (Lipinski definition) is 3. The first-order chi connectivity index (χ1) is 4.47. The van der Waals surface area contributed by atoms with Crippen LogP contribution in [0.1, 0.15) is 4.88 Å². The topological polar surface area (TPSA) is 12.9 Å². The summed E-state index contributed by atoms with van der Waals surface area (Å²) in [5.74, 6) is 1.08. The van der Waals surface area contributed by atoms with E-state index in [2.05, 4.69) is 17.1 Å². The van der Waals surface area contributed by atoms with E-state index in [0.29, 0.717) is 0 Å². The molecular formula is C6H5NS2. The Morgan fingerprint density at radius 1 is 1.56 bits per heavy atom. The van der Waals surface area contributed by atoms with Gasteiger partial charge in [0.15, 0.2) is 0 Å². The molecule has 0 N–H and O–H groups in total. The fraction of sp³-hybridized carbons (Fsp3) is 0.167. The zero-order valence-corrected chi connectivity index (χ0v) is 6.34. The standard InChI is InChI=1S/C6H5NS2/c1-2-5-6(8-3-1)7-4-9-5/h1-2,4H,3H2. The van der Waals surface area contributed by atoms with E-state index in [0.717, 1.165) is 5.75 Å². The molecule has 1 aliphatic rings. The van der Waals surface area contributed by atoms with E-state index in [9.17, 15) is 0 Å². The van der Waals surface area contributed by atoms with Gasteiger partial charge >= 0.3 is 0 Å². The summed E-state index contributed by atoms with van der Waals surface area (Å²) in [4.78, 5) is 5.50. The predicted molar refractivity (Wildman–Crippen MR) is 41.9 cm³/mol. The molecule has 0 atom stereocenters. The van der Waals surface area contributed by atoms with Crippen LogP contribution in [0.15, 0.2) is 16.6 Å². The molecular weight excluding hydrogens is 150 g/mol. The van der Waals surface area contributed by atoms with Gasteiger partial charge in [-0.2, -0.15) is 0 Å². The van der Waals surface area contributed by atoms with Gasteiger partial charge in [0.05, 0.1) is 10.4 Å². The van der Waals surface area contributed by atoms with Crippen molar-refractivity contribution in [1.82, 2.24) is 4.98 Å². The second-order valence-corrected chi connectivity index (χ2v) is 3.63. The maximum Gasteiger partial charge on any atom is 0.114 e. The normalized spacial score (nSPS) is 15.6. The first kappa shape index (κ1) is 5.50. The highest BCUT2D eigenvalue weighted by Gasteiger charge is 2.05. The highest BCUT2D eigenvalue weighted by molar-refractivity contribution is 7.99. The molecule has 0 fully saturated rings. The van der Waals surface area contributed by atoms with Crippen LogP contribution in [0.5, 0.6) is 0 Å². The van der Waals surface area contributed by atoms with Crippen LogP contribution in [0, 0.1) is 0 Å². The van der Waals surface area contributed by atoms with E-state index in [1.54, 1.807) is 11.3 Å². The van der Waals surface area contributed by atoms with E-state index < -0.39 is 0 Å². The van der Waals surface area contributed by atoms with Crippen molar-refractivity contribution in [2.24, 2.45) is 0 Å². The van der Waals surface area contributed by atoms with Gasteiger partial charge in [-0.1, -0.05) is 6.08 Å². The van der Waals surface area contributed by atoms with Gasteiger partial charge in [0.2, 0.25) is 0 Å². The Hall–Kier alpha value is -0.280. The van der Waals surface area contributed by atoms with Crippen molar-refractivity contribution < 1.29 is 0 Å². The number of thioether (sulfide) groups is 1. The van der Waals surface area contributed by atoms with E-state index in [1.165, 1.54) is 9.90 Å². The molecule has 46 valence electrons. The van der Waals surface area contributed by atoms with Gasteiger partial charge in [-0.3, -0.25) is 0 Å². The summed E-state index contributed by atoms with van der Waals surface area (Å²) in [5.41, 5.74) is 1.90. The van der Waals surface area contributed by atoms with Crippen molar-refractivity contribution in [3.8, 4) is 0 Å². The Kier molecular flexibility index (Phi) is 1.32. The Morgan fingerprint density at radius 3 is 3.44 bits per heavy atom. The molecule has 9 heavy (non-hydrogen) atoms. The van der Waals surface area contributed by atoms with Gasteiger partial charge in [-0.25, -0.2) is 4.98 Å². The Balaban J connectivity index is 2.53. The van der Waals surface area contributed by atoms with Gasteiger partial charge in [-0.15, -0.1) is 23.1 Å². The van der Waals surface area contributed by atoms with Crippen molar-refractivity contribution in [1.29, 1.82) is 0 Å². The molecule has 3 heteroatoms. The molecule has 0 amide bonds. The predicted octanol–water partition coefficient (Wildman–Crippen LogP) is 2.26. The lowest BCUT2D eigenvalue weighted by atomic mass is 10.4. The third kappa shape index (κ3) is 0.904. The molecule has 1 aliphatic heterocycles. The maximum absolute atomic E-state index is 4.19. The lowest BCUT2D eigenvalue weighted by molar-refractivity contribution is 1.19. The lowest BCUT2D eigenvalue weighted by Crippen LogP contribution is -1.81. The molecule has 2 heterocycles. The number of fused-ring (bicyclic) bond motifs is 1. The summed E-state index contributed by atoms with van der Waals surface area (Å²) in [7, 11) is 0. The average molecular weight is 155 g/mol. The fourth-order valence-corrected chi connectivity index (χ4v) is 2.42. The highest BCUT2D eigenvalue weighted by atomic mass is 32.2. The zero-order chi connectivity index (χ0) is 6.10. The maximum atomic E-state index is 4.19. The van der Waals surface area contributed by atoms with Crippen LogP contribution < -0.4 is 0 Å². The largest absolute Gasteiger partial charge is 0.238 e. The minimum atomic E-state index is 1.08. The monoisotopic (exact) mass is 155 g/mol. The zero-order valence-electron chi connectivity index (χ0n) is 4.70. The molecule has 0 bridgehead atoms. The van der Waals surface area contributed by atoms with Crippen molar-refractivity contribution in [2.45, 2.75) is 5.03 Å². The van der Waals surface area contributed by atoms with Crippen LogP contribution in [0.2, 0.25) is 0 Å². The fourth-order valence-electron chi connectivity index (χ4n) is 0.746. The lowest BCUT2D eigenvalue weighted by Gasteiger charge is -1.99. The summed E-state index contributed by atoms with van der Waals surface area (Å²) in [6.45, 7) is 0. The second kappa shape index (κ2) is 2.15. The van der Waals surface area contributed by atoms with Crippen molar-refractivity contribution >= 4 is 29.2 Å². The molecule has 0 saturated carbocycles. The Bertz CT molecular complexity index is 239. The quantitative estimate of drug-likeness (QED) is 0.570. The van der Waals surface area contributed by atoms with Gasteiger partial charge in [0, 0.05) is 5.75 Å². The third-order valence-electron chi connectivity index (χ3n) is 1.15. The summed E-state index contributed by atoms with van der Waals surface area (Å²) in [6, 6.07) is 0. The van der Waals surface area contributed by atoms with Crippen LogP contribution in [0.4, 0.5) is 0 Å². The van der Waals surface area contributed by atoms with E-state index >= 15 is 0 Å². The highest BCUT2D eigenvalue weighted by Crippen LogP contribution is 2.29. The van der Waals surface area contributed by atoms with Crippen molar-refractivity contribution in [3.63, 3.8) is 0 Å². The summed E-state index contributed by atoms with van der Waals surface area (Å²) in [5, 5.41) is 1.20. The summed E-state index contributed by atoms with van der Waals surface area (Å²) < 4.78 is 0. The molecule has 1 aromatic rings. The van der Waals surface area contributed by atoms with Crippen LogP contribution in [-0.4, -0.2) is 10.7 Å². The number of thiazole rings is 1. The van der Waals surface area contributed by atoms with Crippen molar-refractivity contribution in [3.05, 3.63) is 16.5 Å². The number of aromatic nitrogens is 1. The Morgan fingerprint density at radius 2 is 2.56 bits per heavy atom. The van der Waals surface area contributed by atoms with Gasteiger partial charge < -0.3 is 0 Å². The van der Waals surface area contributed by atoms with Gasteiger partial charge in [0.1, 0.15) is 5.03 Å². The van der Waals surface area contributed by atoms with Gasteiger partial charge in [0.25, 0.3) is 0 Å². The van der Waals surface area contributed by atoms with E-state index in [4.69, 9.17) is 0 Å². The van der Waals surface area contributed by atoms with Gasteiger partial charge in [-0.05, 0) is 6.08 Å². The first-order valence-electron chi connectivity index (χ1n) is 2.69. The third-order valence-corrected chi connectivity index (χ3v) is 3.03. The van der Waals surface area contributed by atoms with E-state index in [-0.39, 0.29) is 0 Å². The van der Waals surface area contributed by atoms with Crippen molar-refractivity contribution in [2.75, 3.05) is 5.75 Å². The number of nitrogens with zero attached hydrogens (tertiary/aromatic N) is 1. The molecule has 0 radical (unpaired) electrons. The molecule has 0 aliphatic carbocycles. The van der Waals surface area contributed by atoms with Crippen LogP contribution in [0.3, 0.4) is 0 Å². The minimum Gasteiger partial charge on any atom is -0.238 e. The molecule has 0 spiro atoms. The van der Waals surface area contributed by atoms with Crippen LogP contribution in [0.25, 0.3) is 6.08 Å². The Labute approximate surface area is 61.8 Å². The van der Waals surface area contributed by atoms with Crippen LogP contribution in [-0.2, 0) is 0 Å². The molecule has 1 aromatic heterocycles. The SMILES string of the molecule is C1=Cc2scnc2SC1. The molecule has 1 nitrogen and oxygen atoms in total. The summed E-state index contributed by atoms with van der Waals surface area (Å²) >= 11 is 3.51. The van der Waals surface area contributed by atoms with Crippen LogP contribution >= 0.6 is 23.1 Å². The average Bonchev–Trinajstić information content (AvgIpc) is 2.33. The molecule has 0 unspecified atom stereocenters. The first-order valence-corrected chi connectivity index (χ1v) is 4.56. The second-order valence-electron chi connectivity index (χ2n) is 1.74. The van der Waals surface area contributed by atoms with E-state index in [1.807, 2.05) is 17.3 Å². The molecule has 0 aromatic carbocycles.